The van der Waals surface area contributed by atoms with E-state index in [4.69, 9.17) is 0 Å². The number of carbonyl (C=O) groups excluding carboxylic acids is 1. The maximum atomic E-state index is 12.8. The summed E-state index contributed by atoms with van der Waals surface area (Å²) in [5, 5.41) is 0. The number of rotatable bonds is 8. The quantitative estimate of drug-likeness (QED) is 0.671. The van der Waals surface area contributed by atoms with Gasteiger partial charge in [0, 0.05) is 29.8 Å². The van der Waals surface area contributed by atoms with Crippen LogP contribution in [0.3, 0.4) is 0 Å². The molecule has 3 nitrogen and oxygen atoms in total. The van der Waals surface area contributed by atoms with Gasteiger partial charge >= 0.3 is 0 Å². The normalized spacial score (nSPS) is 12.4. The predicted molar refractivity (Wildman–Crippen MR) is 88.1 cm³/mol. The minimum absolute atomic E-state index is 0.159. The highest BCUT2D eigenvalue weighted by molar-refractivity contribution is 9.10. The first-order valence-electron chi connectivity index (χ1n) is 7.71. The van der Waals surface area contributed by atoms with Gasteiger partial charge in [0.05, 0.1) is 0 Å². The molecular formula is C16H27BrN2O. The fraction of sp³-hybridized carbons (Fsp3) is 0.688. The minimum Gasteiger partial charge on any atom is -0.342 e. The third-order valence-corrected chi connectivity index (χ3v) is 4.12. The lowest BCUT2D eigenvalue weighted by atomic mass is 10.1. The highest BCUT2D eigenvalue weighted by Crippen LogP contribution is 2.19. The average Bonchev–Trinajstić information content (AvgIpc) is 2.80. The highest BCUT2D eigenvalue weighted by atomic mass is 79.9. The van der Waals surface area contributed by atoms with Crippen LogP contribution >= 0.6 is 15.9 Å². The molecular weight excluding hydrogens is 316 g/mol. The largest absolute Gasteiger partial charge is 0.342 e. The van der Waals surface area contributed by atoms with Crippen LogP contribution in [0, 0.1) is 0 Å². The van der Waals surface area contributed by atoms with Crippen molar-refractivity contribution in [1.82, 2.24) is 9.47 Å². The van der Waals surface area contributed by atoms with E-state index in [0.717, 1.165) is 48.9 Å². The Morgan fingerprint density at radius 3 is 2.60 bits per heavy atom. The zero-order valence-corrected chi connectivity index (χ0v) is 14.7. The van der Waals surface area contributed by atoms with E-state index in [1.165, 1.54) is 0 Å². The molecule has 0 bridgehead atoms. The first-order chi connectivity index (χ1) is 9.54. The smallest absolute Gasteiger partial charge is 0.270 e. The van der Waals surface area contributed by atoms with Crippen molar-refractivity contribution in [2.24, 2.45) is 0 Å². The SMILES string of the molecule is CCCCN(C(=O)c1cc(Br)cn1CCC)C(C)CC. The molecule has 1 aromatic heterocycles. The Balaban J connectivity index is 2.98. The van der Waals surface area contributed by atoms with E-state index in [9.17, 15) is 4.79 Å². The molecule has 1 atom stereocenters. The van der Waals surface area contributed by atoms with E-state index in [2.05, 4.69) is 48.2 Å². The van der Waals surface area contributed by atoms with Crippen molar-refractivity contribution < 1.29 is 4.79 Å². The summed E-state index contributed by atoms with van der Waals surface area (Å²) in [6, 6.07) is 2.23. The Kier molecular flexibility index (Phi) is 7.35. The fourth-order valence-corrected chi connectivity index (χ4v) is 2.76. The van der Waals surface area contributed by atoms with Gasteiger partial charge in [-0.05, 0) is 48.2 Å². The van der Waals surface area contributed by atoms with Crippen molar-refractivity contribution in [2.45, 2.75) is 66.0 Å². The molecule has 0 saturated heterocycles. The summed E-state index contributed by atoms with van der Waals surface area (Å²) in [7, 11) is 0. The number of unbranched alkanes of at least 4 members (excludes halogenated alkanes) is 1. The monoisotopic (exact) mass is 342 g/mol. The standard InChI is InChI=1S/C16H27BrN2O/c1-5-8-10-19(13(4)7-3)16(20)15-11-14(17)12-18(15)9-6-2/h11-13H,5-10H2,1-4H3. The van der Waals surface area contributed by atoms with E-state index in [1.54, 1.807) is 0 Å². The molecule has 1 amide bonds. The second kappa shape index (κ2) is 8.50. The van der Waals surface area contributed by atoms with Gasteiger partial charge in [0.25, 0.3) is 5.91 Å². The minimum atomic E-state index is 0.159. The molecule has 0 aromatic carbocycles. The Bertz CT molecular complexity index is 428. The Morgan fingerprint density at radius 2 is 2.05 bits per heavy atom. The van der Waals surface area contributed by atoms with Crippen molar-refractivity contribution in [3.8, 4) is 0 Å². The average molecular weight is 343 g/mol. The van der Waals surface area contributed by atoms with Crippen LogP contribution in [0.4, 0.5) is 0 Å². The van der Waals surface area contributed by atoms with Crippen LogP contribution in [-0.2, 0) is 6.54 Å². The topological polar surface area (TPSA) is 25.2 Å². The summed E-state index contributed by atoms with van der Waals surface area (Å²) < 4.78 is 3.04. The summed E-state index contributed by atoms with van der Waals surface area (Å²) in [5.41, 5.74) is 0.801. The van der Waals surface area contributed by atoms with Crippen LogP contribution in [-0.4, -0.2) is 28.0 Å². The van der Waals surface area contributed by atoms with E-state index >= 15 is 0 Å². The number of hydrogen-bond acceptors (Lipinski definition) is 1. The van der Waals surface area contributed by atoms with Crippen LogP contribution in [0.5, 0.6) is 0 Å². The van der Waals surface area contributed by atoms with Gasteiger partial charge in [-0.15, -0.1) is 0 Å². The van der Waals surface area contributed by atoms with Gasteiger partial charge in [0.15, 0.2) is 0 Å². The fourth-order valence-electron chi connectivity index (χ4n) is 2.30. The molecule has 1 heterocycles. The van der Waals surface area contributed by atoms with E-state index < -0.39 is 0 Å². The first-order valence-corrected chi connectivity index (χ1v) is 8.51. The second-order valence-corrected chi connectivity index (χ2v) is 6.26. The molecule has 0 aliphatic carbocycles. The predicted octanol–water partition coefficient (Wildman–Crippen LogP) is 4.70. The van der Waals surface area contributed by atoms with E-state index in [-0.39, 0.29) is 11.9 Å². The van der Waals surface area contributed by atoms with Crippen LogP contribution in [0.15, 0.2) is 16.7 Å². The summed E-state index contributed by atoms with van der Waals surface area (Å²) in [6.07, 6.45) is 6.20. The molecule has 0 aliphatic heterocycles. The lowest BCUT2D eigenvalue weighted by Gasteiger charge is -2.29. The number of nitrogens with zero attached hydrogens (tertiary/aromatic N) is 2. The maximum Gasteiger partial charge on any atom is 0.270 e. The van der Waals surface area contributed by atoms with Gasteiger partial charge in [0.2, 0.25) is 0 Å². The van der Waals surface area contributed by atoms with Gasteiger partial charge in [-0.25, -0.2) is 0 Å². The number of halogens is 1. The molecule has 0 saturated carbocycles. The van der Waals surface area contributed by atoms with Crippen molar-refractivity contribution in [3.63, 3.8) is 0 Å². The summed E-state index contributed by atoms with van der Waals surface area (Å²) in [4.78, 5) is 14.9. The molecule has 1 aromatic rings. The van der Waals surface area contributed by atoms with Gasteiger partial charge < -0.3 is 9.47 Å². The van der Waals surface area contributed by atoms with Crippen molar-refractivity contribution in [3.05, 3.63) is 22.4 Å². The molecule has 0 fully saturated rings. The number of carbonyl (C=O) groups is 1. The van der Waals surface area contributed by atoms with Gasteiger partial charge in [-0.2, -0.15) is 0 Å². The molecule has 0 radical (unpaired) electrons. The molecule has 0 aliphatic rings. The van der Waals surface area contributed by atoms with Crippen molar-refractivity contribution in [2.75, 3.05) is 6.54 Å². The molecule has 4 heteroatoms. The molecule has 0 N–H and O–H groups in total. The molecule has 20 heavy (non-hydrogen) atoms. The number of aryl methyl sites for hydroxylation is 1. The molecule has 0 spiro atoms. The summed E-state index contributed by atoms with van der Waals surface area (Å²) in [5.74, 6) is 0.159. The second-order valence-electron chi connectivity index (χ2n) is 5.35. The van der Waals surface area contributed by atoms with Crippen LogP contribution in [0.25, 0.3) is 0 Å². The molecule has 1 rings (SSSR count). The molecule has 114 valence electrons. The highest BCUT2D eigenvalue weighted by Gasteiger charge is 2.23. The maximum absolute atomic E-state index is 12.8. The van der Waals surface area contributed by atoms with Gasteiger partial charge in [0.1, 0.15) is 5.69 Å². The zero-order valence-electron chi connectivity index (χ0n) is 13.2. The van der Waals surface area contributed by atoms with Crippen molar-refractivity contribution >= 4 is 21.8 Å². The Morgan fingerprint density at radius 1 is 1.35 bits per heavy atom. The lowest BCUT2D eigenvalue weighted by Crippen LogP contribution is -2.40. The van der Waals surface area contributed by atoms with Crippen molar-refractivity contribution in [1.29, 1.82) is 0 Å². The van der Waals surface area contributed by atoms with E-state index in [1.807, 2.05) is 17.2 Å². The van der Waals surface area contributed by atoms with Crippen LogP contribution in [0.2, 0.25) is 0 Å². The summed E-state index contributed by atoms with van der Waals surface area (Å²) in [6.45, 7) is 10.3. The van der Waals surface area contributed by atoms with Crippen LogP contribution < -0.4 is 0 Å². The number of hydrogen-bond donors (Lipinski definition) is 0. The lowest BCUT2D eigenvalue weighted by molar-refractivity contribution is 0.0674. The third kappa shape index (κ3) is 4.37. The zero-order chi connectivity index (χ0) is 15.1. The van der Waals surface area contributed by atoms with Crippen LogP contribution in [0.1, 0.15) is 63.9 Å². The third-order valence-electron chi connectivity index (χ3n) is 3.68. The van der Waals surface area contributed by atoms with Gasteiger partial charge in [-0.1, -0.05) is 27.2 Å². The Labute approximate surface area is 131 Å². The number of amides is 1. The molecule has 1 unspecified atom stereocenters. The number of aromatic nitrogens is 1. The first kappa shape index (κ1) is 17.3. The van der Waals surface area contributed by atoms with Gasteiger partial charge in [-0.3, -0.25) is 4.79 Å². The summed E-state index contributed by atoms with van der Waals surface area (Å²) >= 11 is 3.49. The Hall–Kier alpha value is -0.770. The van der Waals surface area contributed by atoms with E-state index in [0.29, 0.717) is 0 Å².